The Morgan fingerprint density at radius 1 is 1.55 bits per heavy atom. The monoisotopic (exact) mass is 356 g/mol. The number of thioether (sulfide) groups is 2. The summed E-state index contributed by atoms with van der Waals surface area (Å²) in [4.78, 5) is 35.7. The largest absolute Gasteiger partial charge is 1.00 e. The number of fused-ring (bicyclic) bond motifs is 1. The summed E-state index contributed by atoms with van der Waals surface area (Å²) in [5, 5.41) is 23.1. The van der Waals surface area contributed by atoms with Crippen molar-refractivity contribution in [1.82, 2.24) is 10.2 Å². The van der Waals surface area contributed by atoms with Gasteiger partial charge in [-0.05, 0) is 6.92 Å². The van der Waals surface area contributed by atoms with Crippen molar-refractivity contribution in [2.45, 2.75) is 35.4 Å². The number of β-lactam (4-membered cyclic amide) rings is 1. The molecule has 10 heteroatoms. The summed E-state index contributed by atoms with van der Waals surface area (Å²) >= 11 is 2.69. The minimum absolute atomic E-state index is 0. The van der Waals surface area contributed by atoms with E-state index in [4.69, 9.17) is 0 Å². The molecule has 0 bridgehead atoms. The second-order valence-electron chi connectivity index (χ2n) is 4.96. The van der Waals surface area contributed by atoms with Gasteiger partial charge >= 0.3 is 29.6 Å². The molecule has 0 aromatic rings. The standard InChI is InChI=1S/C12H18N2O5S2.Na/c1-5(15)7-9(17)14-8(11(18)19)12(21-10(7)14)20-4-3-6(16)13-2;/h5,7-8,10,12,15H,3-4H2,1-2H3,(H,13,16)(H,18,19);/q;+1/p-1/t5?,7-,8?,10+,12?;/m0./s1. The molecule has 22 heavy (non-hydrogen) atoms. The van der Waals surface area contributed by atoms with Gasteiger partial charge in [0.15, 0.2) is 0 Å². The van der Waals surface area contributed by atoms with Gasteiger partial charge in [-0.2, -0.15) is 0 Å². The average Bonchev–Trinajstić information content (AvgIpc) is 2.72. The van der Waals surface area contributed by atoms with Gasteiger partial charge in [0.05, 0.1) is 34.0 Å². The van der Waals surface area contributed by atoms with Crippen molar-refractivity contribution in [1.29, 1.82) is 0 Å². The second-order valence-corrected chi connectivity index (χ2v) is 7.78. The van der Waals surface area contributed by atoms with Crippen LogP contribution in [0.5, 0.6) is 0 Å². The van der Waals surface area contributed by atoms with E-state index in [9.17, 15) is 24.6 Å². The van der Waals surface area contributed by atoms with E-state index in [0.29, 0.717) is 5.75 Å². The van der Waals surface area contributed by atoms with Crippen LogP contribution in [0.25, 0.3) is 0 Å². The number of amides is 2. The van der Waals surface area contributed by atoms with Gasteiger partial charge in [0.25, 0.3) is 0 Å². The molecule has 2 rings (SSSR count). The van der Waals surface area contributed by atoms with E-state index in [1.807, 2.05) is 0 Å². The molecule has 5 atom stereocenters. The van der Waals surface area contributed by atoms with Gasteiger partial charge in [0.1, 0.15) is 0 Å². The number of aliphatic hydroxyl groups excluding tert-OH is 1. The van der Waals surface area contributed by atoms with Crippen LogP contribution in [-0.2, 0) is 14.4 Å². The fraction of sp³-hybridized carbons (Fsp3) is 0.750. The predicted octanol–water partition coefficient (Wildman–Crippen LogP) is -4.78. The molecule has 0 aromatic carbocycles. The molecular weight excluding hydrogens is 339 g/mol. The molecule has 0 saturated carbocycles. The van der Waals surface area contributed by atoms with Crippen LogP contribution in [0.1, 0.15) is 13.3 Å². The van der Waals surface area contributed by atoms with Gasteiger partial charge in [0.2, 0.25) is 11.8 Å². The van der Waals surface area contributed by atoms with Crippen molar-refractivity contribution in [2.24, 2.45) is 5.92 Å². The van der Waals surface area contributed by atoms with Crippen LogP contribution >= 0.6 is 23.5 Å². The molecule has 2 aliphatic rings. The summed E-state index contributed by atoms with van der Waals surface area (Å²) in [6.45, 7) is 1.53. The van der Waals surface area contributed by atoms with Gasteiger partial charge in [-0.1, -0.05) is 0 Å². The smallest absolute Gasteiger partial charge is 0.548 e. The van der Waals surface area contributed by atoms with E-state index < -0.39 is 24.0 Å². The number of aliphatic hydroxyl groups is 1. The van der Waals surface area contributed by atoms with Crippen molar-refractivity contribution in [3.8, 4) is 0 Å². The third-order valence-electron chi connectivity index (χ3n) is 3.60. The molecule has 2 aliphatic heterocycles. The number of nitrogens with one attached hydrogen (secondary N) is 1. The summed E-state index contributed by atoms with van der Waals surface area (Å²) in [6, 6.07) is -1.00. The Morgan fingerprint density at radius 2 is 2.18 bits per heavy atom. The zero-order valence-electron chi connectivity index (χ0n) is 12.6. The van der Waals surface area contributed by atoms with Crippen molar-refractivity contribution in [3.63, 3.8) is 0 Å². The third kappa shape index (κ3) is 3.76. The van der Waals surface area contributed by atoms with E-state index >= 15 is 0 Å². The van der Waals surface area contributed by atoms with E-state index in [2.05, 4.69) is 5.32 Å². The SMILES string of the molecule is CNC(=O)CCSC1S[C@@H]2[C@@H](C(C)O)C(=O)N2C1C(=O)[O-].[Na+]. The molecule has 118 valence electrons. The number of carbonyl (C=O) groups excluding carboxylic acids is 3. The van der Waals surface area contributed by atoms with E-state index in [-0.39, 0.29) is 57.7 Å². The van der Waals surface area contributed by atoms with Crippen LogP contribution in [0.2, 0.25) is 0 Å². The van der Waals surface area contributed by atoms with E-state index in [1.165, 1.54) is 35.3 Å². The molecule has 2 amide bonds. The molecule has 0 aliphatic carbocycles. The van der Waals surface area contributed by atoms with E-state index in [0.717, 1.165) is 0 Å². The number of nitrogens with zero attached hydrogens (tertiary/aromatic N) is 1. The van der Waals surface area contributed by atoms with Crippen molar-refractivity contribution < 1.29 is 54.2 Å². The number of carbonyl (C=O) groups is 3. The number of carboxylic acid groups (broad SMARTS) is 1. The molecule has 2 fully saturated rings. The Balaban J connectivity index is 0.00000242. The molecule has 0 radical (unpaired) electrons. The molecule has 0 spiro atoms. The number of rotatable bonds is 6. The molecule has 2 saturated heterocycles. The zero-order valence-corrected chi connectivity index (χ0v) is 16.3. The van der Waals surface area contributed by atoms with Gasteiger partial charge < -0.3 is 25.2 Å². The Bertz CT molecular complexity index is 465. The molecule has 2 heterocycles. The number of hydrogen-bond acceptors (Lipinski definition) is 7. The fourth-order valence-corrected chi connectivity index (χ4v) is 5.94. The fourth-order valence-electron chi connectivity index (χ4n) is 2.49. The van der Waals surface area contributed by atoms with Crippen LogP contribution in [-0.4, -0.2) is 62.7 Å². The number of carboxylic acids is 1. The Kier molecular flexibility index (Phi) is 7.55. The molecular formula is C12H17N2NaO5S2. The number of aliphatic carboxylic acids is 1. The quantitative estimate of drug-likeness (QED) is 0.363. The zero-order chi connectivity index (χ0) is 15.7. The first-order chi connectivity index (χ1) is 9.88. The minimum Gasteiger partial charge on any atom is -0.548 e. The Hall–Kier alpha value is 0.0700. The van der Waals surface area contributed by atoms with Crippen molar-refractivity contribution in [2.75, 3.05) is 12.8 Å². The van der Waals surface area contributed by atoms with Crippen molar-refractivity contribution in [3.05, 3.63) is 0 Å². The van der Waals surface area contributed by atoms with Gasteiger partial charge in [-0.15, -0.1) is 23.5 Å². The van der Waals surface area contributed by atoms with Crippen molar-refractivity contribution >= 4 is 41.3 Å². The molecule has 3 unspecified atom stereocenters. The first kappa shape index (κ1) is 20.1. The maximum absolute atomic E-state index is 12.0. The first-order valence-electron chi connectivity index (χ1n) is 6.57. The topological polar surface area (TPSA) is 110 Å². The molecule has 0 aromatic heterocycles. The average molecular weight is 356 g/mol. The van der Waals surface area contributed by atoms with E-state index in [1.54, 1.807) is 7.05 Å². The van der Waals surface area contributed by atoms with Crippen LogP contribution < -0.4 is 40.0 Å². The molecule has 7 nitrogen and oxygen atoms in total. The Labute approximate surface area is 159 Å². The van der Waals surface area contributed by atoms with Crippen LogP contribution in [0, 0.1) is 5.92 Å². The van der Waals surface area contributed by atoms with Crippen LogP contribution in [0.4, 0.5) is 0 Å². The summed E-state index contributed by atoms with van der Waals surface area (Å²) in [5.74, 6) is -1.83. The first-order valence-corrected chi connectivity index (χ1v) is 8.56. The third-order valence-corrected chi connectivity index (χ3v) is 6.70. The van der Waals surface area contributed by atoms with Gasteiger partial charge in [-0.25, -0.2) is 0 Å². The maximum Gasteiger partial charge on any atom is 1.00 e. The summed E-state index contributed by atoms with van der Waals surface area (Å²) in [6.07, 6.45) is -0.514. The van der Waals surface area contributed by atoms with Gasteiger partial charge in [-0.3, -0.25) is 9.59 Å². The maximum atomic E-state index is 12.0. The normalized spacial score (nSPS) is 30.9. The van der Waals surface area contributed by atoms with Crippen LogP contribution in [0.15, 0.2) is 0 Å². The number of hydrogen-bond donors (Lipinski definition) is 2. The van der Waals surface area contributed by atoms with Gasteiger partial charge in [0, 0.05) is 19.2 Å². The molecule has 2 N–H and O–H groups in total. The second kappa shape index (κ2) is 8.25. The Morgan fingerprint density at radius 3 is 2.68 bits per heavy atom. The summed E-state index contributed by atoms with van der Waals surface area (Å²) in [5.41, 5.74) is 0. The summed E-state index contributed by atoms with van der Waals surface area (Å²) < 4.78 is -0.377. The summed E-state index contributed by atoms with van der Waals surface area (Å²) in [7, 11) is 1.54. The van der Waals surface area contributed by atoms with Crippen LogP contribution in [0.3, 0.4) is 0 Å². The minimum atomic E-state index is -1.29. The predicted molar refractivity (Wildman–Crippen MR) is 77.1 cm³/mol.